The molecular formula is C20H28N4O2. The summed E-state index contributed by atoms with van der Waals surface area (Å²) in [6.07, 6.45) is 6.25. The van der Waals surface area contributed by atoms with Gasteiger partial charge in [-0.05, 0) is 38.5 Å². The number of nitrogens with one attached hydrogen (secondary N) is 1. The van der Waals surface area contributed by atoms with Gasteiger partial charge in [0.05, 0.1) is 6.54 Å². The van der Waals surface area contributed by atoms with Crippen LogP contribution in [0.15, 0.2) is 24.3 Å². The number of hydrogen-bond donors (Lipinski definition) is 1. The number of benzene rings is 1. The molecule has 1 aromatic rings. The fourth-order valence-corrected chi connectivity index (χ4v) is 3.09. The summed E-state index contributed by atoms with van der Waals surface area (Å²) in [5.74, 6) is 2.72. The third-order valence-electron chi connectivity index (χ3n) is 4.63. The molecule has 1 N–H and O–H groups in total. The SMILES string of the molecule is C#Cc1cccc(NC(=O)N2CCCN(CC(=O)N(CC)CC)CC2)c1. The first-order chi connectivity index (χ1) is 12.6. The largest absolute Gasteiger partial charge is 0.342 e. The van der Waals surface area contributed by atoms with Crippen LogP contribution >= 0.6 is 0 Å². The quantitative estimate of drug-likeness (QED) is 0.822. The van der Waals surface area contributed by atoms with Crippen molar-refractivity contribution >= 4 is 17.6 Å². The van der Waals surface area contributed by atoms with Crippen LogP contribution in [-0.2, 0) is 4.79 Å². The number of carbonyl (C=O) groups excluding carboxylic acids is 2. The molecule has 0 unspecified atom stereocenters. The molecule has 3 amide bonds. The molecule has 0 spiro atoms. The van der Waals surface area contributed by atoms with E-state index in [1.54, 1.807) is 11.0 Å². The second-order valence-electron chi connectivity index (χ2n) is 6.34. The van der Waals surface area contributed by atoms with Crippen molar-refractivity contribution in [2.24, 2.45) is 0 Å². The Labute approximate surface area is 156 Å². The fraction of sp³-hybridized carbons (Fsp3) is 0.500. The minimum Gasteiger partial charge on any atom is -0.342 e. The highest BCUT2D eigenvalue weighted by molar-refractivity contribution is 5.89. The van der Waals surface area contributed by atoms with Crippen molar-refractivity contribution in [2.75, 3.05) is 51.1 Å². The molecule has 6 nitrogen and oxygen atoms in total. The first-order valence-electron chi connectivity index (χ1n) is 9.20. The lowest BCUT2D eigenvalue weighted by atomic mass is 10.2. The summed E-state index contributed by atoms with van der Waals surface area (Å²) in [7, 11) is 0. The van der Waals surface area contributed by atoms with E-state index in [4.69, 9.17) is 6.42 Å². The normalized spacial score (nSPS) is 15.0. The molecule has 2 rings (SSSR count). The highest BCUT2D eigenvalue weighted by Crippen LogP contribution is 2.12. The molecule has 1 aromatic carbocycles. The van der Waals surface area contributed by atoms with Gasteiger partial charge in [-0.25, -0.2) is 4.79 Å². The smallest absolute Gasteiger partial charge is 0.321 e. The van der Waals surface area contributed by atoms with E-state index in [1.165, 1.54) is 0 Å². The molecule has 6 heteroatoms. The molecule has 140 valence electrons. The van der Waals surface area contributed by atoms with Gasteiger partial charge in [0.1, 0.15) is 0 Å². The number of nitrogens with zero attached hydrogens (tertiary/aromatic N) is 3. The Kier molecular flexibility index (Phi) is 7.49. The number of urea groups is 1. The summed E-state index contributed by atoms with van der Waals surface area (Å²) in [5.41, 5.74) is 1.43. The van der Waals surface area contributed by atoms with Crippen LogP contribution in [0.5, 0.6) is 0 Å². The van der Waals surface area contributed by atoms with Crippen LogP contribution < -0.4 is 5.32 Å². The third kappa shape index (κ3) is 5.50. The van der Waals surface area contributed by atoms with E-state index in [0.29, 0.717) is 31.9 Å². The second kappa shape index (κ2) is 9.83. The summed E-state index contributed by atoms with van der Waals surface area (Å²) in [4.78, 5) is 30.6. The fourth-order valence-electron chi connectivity index (χ4n) is 3.09. The highest BCUT2D eigenvalue weighted by Gasteiger charge is 2.21. The summed E-state index contributed by atoms with van der Waals surface area (Å²) in [6, 6.07) is 7.13. The molecular weight excluding hydrogens is 328 g/mol. The van der Waals surface area contributed by atoms with Crippen molar-refractivity contribution in [1.82, 2.24) is 14.7 Å². The highest BCUT2D eigenvalue weighted by atomic mass is 16.2. The Morgan fingerprint density at radius 3 is 2.65 bits per heavy atom. The van der Waals surface area contributed by atoms with E-state index in [9.17, 15) is 9.59 Å². The van der Waals surface area contributed by atoms with Gasteiger partial charge in [-0.2, -0.15) is 0 Å². The Morgan fingerprint density at radius 2 is 1.96 bits per heavy atom. The van der Waals surface area contributed by atoms with Crippen LogP contribution in [0.2, 0.25) is 0 Å². The Bertz CT molecular complexity index is 664. The van der Waals surface area contributed by atoms with Crippen molar-refractivity contribution in [2.45, 2.75) is 20.3 Å². The molecule has 0 aromatic heterocycles. The maximum atomic E-state index is 12.5. The summed E-state index contributed by atoms with van der Waals surface area (Å²) < 4.78 is 0. The summed E-state index contributed by atoms with van der Waals surface area (Å²) >= 11 is 0. The maximum Gasteiger partial charge on any atom is 0.321 e. The van der Waals surface area contributed by atoms with Gasteiger partial charge < -0.3 is 15.1 Å². The van der Waals surface area contributed by atoms with Crippen molar-refractivity contribution in [3.05, 3.63) is 29.8 Å². The van der Waals surface area contributed by atoms with E-state index >= 15 is 0 Å². The number of terminal acetylenes is 1. The van der Waals surface area contributed by atoms with Crippen molar-refractivity contribution in [3.63, 3.8) is 0 Å². The van der Waals surface area contributed by atoms with Crippen molar-refractivity contribution in [1.29, 1.82) is 0 Å². The van der Waals surface area contributed by atoms with Gasteiger partial charge in [0.15, 0.2) is 0 Å². The maximum absolute atomic E-state index is 12.5. The standard InChI is InChI=1S/C20H28N4O2/c1-4-17-9-7-10-18(15-17)21-20(26)24-12-8-11-22(13-14-24)16-19(25)23(5-2)6-3/h1,7,9-10,15H,5-6,8,11-14,16H2,2-3H3,(H,21,26). The van der Waals surface area contributed by atoms with Gasteiger partial charge in [0.2, 0.25) is 5.91 Å². The van der Waals surface area contributed by atoms with Crippen LogP contribution in [0.3, 0.4) is 0 Å². The minimum absolute atomic E-state index is 0.129. The van der Waals surface area contributed by atoms with Gasteiger partial charge in [0, 0.05) is 50.5 Å². The van der Waals surface area contributed by atoms with Gasteiger partial charge in [-0.3, -0.25) is 9.69 Å². The van der Waals surface area contributed by atoms with Gasteiger partial charge in [-0.1, -0.05) is 12.0 Å². The molecule has 0 saturated carbocycles. The number of hydrogen-bond acceptors (Lipinski definition) is 3. The zero-order chi connectivity index (χ0) is 18.9. The Morgan fingerprint density at radius 1 is 1.19 bits per heavy atom. The lowest BCUT2D eigenvalue weighted by Crippen LogP contribution is -2.42. The van der Waals surface area contributed by atoms with Crippen LogP contribution in [0.25, 0.3) is 0 Å². The number of amides is 3. The first kappa shape index (κ1) is 19.8. The molecule has 0 radical (unpaired) electrons. The average molecular weight is 356 g/mol. The van der Waals surface area contributed by atoms with Gasteiger partial charge in [-0.15, -0.1) is 6.42 Å². The van der Waals surface area contributed by atoms with Crippen LogP contribution in [0.4, 0.5) is 10.5 Å². The molecule has 1 fully saturated rings. The predicted molar refractivity (Wildman–Crippen MR) is 104 cm³/mol. The number of anilines is 1. The zero-order valence-electron chi connectivity index (χ0n) is 15.7. The molecule has 1 heterocycles. The second-order valence-corrected chi connectivity index (χ2v) is 6.34. The minimum atomic E-state index is -0.129. The predicted octanol–water partition coefficient (Wildman–Crippen LogP) is 2.08. The van der Waals surface area contributed by atoms with Crippen LogP contribution in [-0.4, -0.2) is 72.5 Å². The molecule has 1 aliphatic rings. The molecule has 0 atom stereocenters. The van der Waals surface area contributed by atoms with E-state index in [0.717, 1.165) is 31.6 Å². The molecule has 1 saturated heterocycles. The van der Waals surface area contributed by atoms with Crippen LogP contribution in [0.1, 0.15) is 25.8 Å². The number of carbonyl (C=O) groups is 2. The molecule has 0 bridgehead atoms. The monoisotopic (exact) mass is 356 g/mol. The lowest BCUT2D eigenvalue weighted by Gasteiger charge is -2.25. The molecule has 0 aliphatic carbocycles. The average Bonchev–Trinajstić information content (AvgIpc) is 2.88. The Hall–Kier alpha value is -2.52. The lowest BCUT2D eigenvalue weighted by molar-refractivity contribution is -0.132. The number of likely N-dealkylation sites (N-methyl/N-ethyl adjacent to an activating group) is 1. The third-order valence-corrected chi connectivity index (χ3v) is 4.63. The van der Waals surface area contributed by atoms with E-state index < -0.39 is 0 Å². The van der Waals surface area contributed by atoms with E-state index in [2.05, 4.69) is 16.1 Å². The van der Waals surface area contributed by atoms with Crippen molar-refractivity contribution < 1.29 is 9.59 Å². The molecule has 1 aliphatic heterocycles. The van der Waals surface area contributed by atoms with Crippen molar-refractivity contribution in [3.8, 4) is 12.3 Å². The van der Waals surface area contributed by atoms with Gasteiger partial charge in [0.25, 0.3) is 0 Å². The topological polar surface area (TPSA) is 55.9 Å². The first-order valence-corrected chi connectivity index (χ1v) is 9.20. The molecule has 26 heavy (non-hydrogen) atoms. The zero-order valence-corrected chi connectivity index (χ0v) is 15.7. The van der Waals surface area contributed by atoms with E-state index in [-0.39, 0.29) is 11.9 Å². The van der Waals surface area contributed by atoms with Crippen LogP contribution in [0, 0.1) is 12.3 Å². The summed E-state index contributed by atoms with van der Waals surface area (Å²) in [5, 5.41) is 2.90. The summed E-state index contributed by atoms with van der Waals surface area (Å²) in [6.45, 7) is 8.66. The Balaban J connectivity index is 1.88. The van der Waals surface area contributed by atoms with E-state index in [1.807, 2.05) is 36.9 Å². The number of rotatable bonds is 5. The van der Waals surface area contributed by atoms with Gasteiger partial charge >= 0.3 is 6.03 Å².